The highest BCUT2D eigenvalue weighted by Crippen LogP contribution is 2.26. The minimum absolute atomic E-state index is 0.0558. The van der Waals surface area contributed by atoms with Crippen molar-refractivity contribution >= 4 is 40.8 Å². The van der Waals surface area contributed by atoms with Crippen molar-refractivity contribution in [1.29, 1.82) is 0 Å². The van der Waals surface area contributed by atoms with Gasteiger partial charge in [-0.3, -0.25) is 14.5 Å². The number of aryl methyl sites for hydroxylation is 1. The lowest BCUT2D eigenvalue weighted by atomic mass is 10.1. The molecule has 6 nitrogen and oxygen atoms in total. The van der Waals surface area contributed by atoms with Crippen molar-refractivity contribution in [2.45, 2.75) is 32.9 Å². The van der Waals surface area contributed by atoms with E-state index in [1.807, 2.05) is 26.0 Å². The number of hydrogen-bond donors (Lipinski definition) is 2. The monoisotopic (exact) mass is 422 g/mol. The highest BCUT2D eigenvalue weighted by atomic mass is 35.5. The third kappa shape index (κ3) is 6.19. The van der Waals surface area contributed by atoms with E-state index in [-0.39, 0.29) is 24.4 Å². The first kappa shape index (κ1) is 22.1. The normalized spacial score (nSPS) is 13.1. The van der Waals surface area contributed by atoms with Crippen LogP contribution in [0.25, 0.3) is 0 Å². The molecule has 2 aromatic rings. The first-order chi connectivity index (χ1) is 13.2. The minimum atomic E-state index is -0.509. The number of pyridine rings is 1. The van der Waals surface area contributed by atoms with Crippen LogP contribution in [-0.2, 0) is 9.59 Å². The zero-order chi connectivity index (χ0) is 20.8. The summed E-state index contributed by atoms with van der Waals surface area (Å²) in [5.74, 6) is 0.0399. The zero-order valence-electron chi connectivity index (χ0n) is 16.3. The highest BCUT2D eigenvalue weighted by molar-refractivity contribution is 6.35. The second kappa shape index (κ2) is 9.87. The number of carbonyl (C=O) groups excluding carboxylic acids is 2. The predicted molar refractivity (Wildman–Crippen MR) is 113 cm³/mol. The van der Waals surface area contributed by atoms with Crippen LogP contribution in [0.2, 0.25) is 10.0 Å². The molecule has 0 saturated carbocycles. The second-order valence-corrected chi connectivity index (χ2v) is 7.54. The molecule has 2 unspecified atom stereocenters. The van der Waals surface area contributed by atoms with Gasteiger partial charge in [-0.05, 0) is 57.6 Å². The molecular weight excluding hydrogens is 399 g/mol. The van der Waals surface area contributed by atoms with Gasteiger partial charge in [0.2, 0.25) is 11.8 Å². The molecule has 0 bridgehead atoms. The van der Waals surface area contributed by atoms with E-state index in [4.69, 9.17) is 23.2 Å². The summed E-state index contributed by atoms with van der Waals surface area (Å²) in [6.07, 6.45) is 0. The summed E-state index contributed by atoms with van der Waals surface area (Å²) in [6.45, 7) is 5.49. The Morgan fingerprint density at radius 2 is 1.89 bits per heavy atom. The summed E-state index contributed by atoms with van der Waals surface area (Å²) >= 11 is 12.1. The molecule has 0 fully saturated rings. The maximum atomic E-state index is 12.6. The maximum absolute atomic E-state index is 12.6. The second-order valence-electron chi connectivity index (χ2n) is 6.70. The molecule has 1 aromatic heterocycles. The van der Waals surface area contributed by atoms with Crippen LogP contribution in [0.15, 0.2) is 36.4 Å². The smallest absolute Gasteiger partial charge is 0.239 e. The quantitative estimate of drug-likeness (QED) is 0.710. The number of anilines is 1. The molecule has 2 atom stereocenters. The van der Waals surface area contributed by atoms with E-state index in [9.17, 15) is 9.59 Å². The van der Waals surface area contributed by atoms with Gasteiger partial charge < -0.3 is 10.6 Å². The summed E-state index contributed by atoms with van der Waals surface area (Å²) in [5, 5.41) is 6.68. The van der Waals surface area contributed by atoms with Gasteiger partial charge in [-0.15, -0.1) is 0 Å². The summed E-state index contributed by atoms with van der Waals surface area (Å²) in [5.41, 5.74) is 1.59. The maximum Gasteiger partial charge on any atom is 0.239 e. The molecule has 8 heteroatoms. The number of aromatic nitrogens is 1. The van der Waals surface area contributed by atoms with Crippen LogP contribution in [0.5, 0.6) is 0 Å². The van der Waals surface area contributed by atoms with E-state index >= 15 is 0 Å². The lowest BCUT2D eigenvalue weighted by Gasteiger charge is -2.25. The molecule has 1 aromatic carbocycles. The SMILES string of the molecule is Cc1cccc(NC(=O)CN(C)C(C)C(=O)NC(C)c2ccc(Cl)cc2Cl)n1. The summed E-state index contributed by atoms with van der Waals surface area (Å²) < 4.78 is 0. The van der Waals surface area contributed by atoms with Crippen LogP contribution in [0.3, 0.4) is 0 Å². The first-order valence-corrected chi connectivity index (χ1v) is 9.62. The van der Waals surface area contributed by atoms with Crippen molar-refractivity contribution in [1.82, 2.24) is 15.2 Å². The number of hydrogen-bond acceptors (Lipinski definition) is 4. The average molecular weight is 423 g/mol. The van der Waals surface area contributed by atoms with Crippen LogP contribution in [-0.4, -0.2) is 41.3 Å². The fraction of sp³-hybridized carbons (Fsp3) is 0.350. The van der Waals surface area contributed by atoms with Crippen molar-refractivity contribution in [3.63, 3.8) is 0 Å². The van der Waals surface area contributed by atoms with Crippen LogP contribution < -0.4 is 10.6 Å². The molecule has 2 rings (SSSR count). The Balaban J connectivity index is 1.91. The number of benzene rings is 1. The molecule has 0 radical (unpaired) electrons. The van der Waals surface area contributed by atoms with Gasteiger partial charge in [-0.25, -0.2) is 4.98 Å². The van der Waals surface area contributed by atoms with Crippen molar-refractivity contribution in [3.8, 4) is 0 Å². The summed E-state index contributed by atoms with van der Waals surface area (Å²) in [6, 6.07) is 9.74. The van der Waals surface area contributed by atoms with Crippen LogP contribution in [0.1, 0.15) is 31.1 Å². The van der Waals surface area contributed by atoms with Crippen LogP contribution in [0.4, 0.5) is 5.82 Å². The molecule has 0 aliphatic rings. The van der Waals surface area contributed by atoms with Gasteiger partial charge in [-0.2, -0.15) is 0 Å². The Labute approximate surface area is 175 Å². The summed E-state index contributed by atoms with van der Waals surface area (Å²) in [4.78, 5) is 30.7. The fourth-order valence-corrected chi connectivity index (χ4v) is 3.20. The topological polar surface area (TPSA) is 74.3 Å². The molecule has 0 spiro atoms. The number of halogens is 2. The molecule has 28 heavy (non-hydrogen) atoms. The Bertz CT molecular complexity index is 860. The standard InChI is InChI=1S/C20H24Cl2N4O2/c1-12-6-5-7-18(23-12)25-19(27)11-26(4)14(3)20(28)24-13(2)16-9-8-15(21)10-17(16)22/h5-10,13-14H,11H2,1-4H3,(H,24,28)(H,23,25,27). The van der Waals surface area contributed by atoms with Crippen molar-refractivity contribution in [3.05, 3.63) is 57.7 Å². The number of nitrogens with one attached hydrogen (secondary N) is 2. The lowest BCUT2D eigenvalue weighted by Crippen LogP contribution is -2.46. The van der Waals surface area contributed by atoms with E-state index in [0.29, 0.717) is 15.9 Å². The van der Waals surface area contributed by atoms with Crippen molar-refractivity contribution in [2.24, 2.45) is 0 Å². The number of rotatable bonds is 7. The molecule has 2 N–H and O–H groups in total. The zero-order valence-corrected chi connectivity index (χ0v) is 17.8. The predicted octanol–water partition coefficient (Wildman–Crippen LogP) is 3.83. The molecule has 2 amide bonds. The summed E-state index contributed by atoms with van der Waals surface area (Å²) in [7, 11) is 1.72. The van der Waals surface area contributed by atoms with Gasteiger partial charge in [0.25, 0.3) is 0 Å². The van der Waals surface area contributed by atoms with Gasteiger partial charge >= 0.3 is 0 Å². The van der Waals surface area contributed by atoms with E-state index < -0.39 is 6.04 Å². The Morgan fingerprint density at radius 3 is 2.54 bits per heavy atom. The molecule has 1 heterocycles. The third-order valence-corrected chi connectivity index (χ3v) is 4.94. The number of amides is 2. The van der Waals surface area contributed by atoms with Crippen LogP contribution in [0, 0.1) is 6.92 Å². The molecule has 0 saturated heterocycles. The number of likely N-dealkylation sites (N-methyl/N-ethyl adjacent to an activating group) is 1. The van der Waals surface area contributed by atoms with E-state index in [2.05, 4.69) is 15.6 Å². The van der Waals surface area contributed by atoms with Gasteiger partial charge in [0, 0.05) is 15.7 Å². The molecule has 0 aliphatic heterocycles. The minimum Gasteiger partial charge on any atom is -0.348 e. The van der Waals surface area contributed by atoms with Crippen molar-refractivity contribution < 1.29 is 9.59 Å². The van der Waals surface area contributed by atoms with Crippen molar-refractivity contribution in [2.75, 3.05) is 18.9 Å². The largest absolute Gasteiger partial charge is 0.348 e. The number of carbonyl (C=O) groups is 2. The molecular formula is C20H24Cl2N4O2. The lowest BCUT2D eigenvalue weighted by molar-refractivity contribution is -0.127. The fourth-order valence-electron chi connectivity index (χ4n) is 2.62. The Hall–Kier alpha value is -2.15. The van der Waals surface area contributed by atoms with Gasteiger partial charge in [-0.1, -0.05) is 35.3 Å². The average Bonchev–Trinajstić information content (AvgIpc) is 2.60. The van der Waals surface area contributed by atoms with E-state index in [1.165, 1.54) is 0 Å². The van der Waals surface area contributed by atoms with E-state index in [0.717, 1.165) is 11.3 Å². The van der Waals surface area contributed by atoms with Gasteiger partial charge in [0.1, 0.15) is 5.82 Å². The van der Waals surface area contributed by atoms with Crippen LogP contribution >= 0.6 is 23.2 Å². The highest BCUT2D eigenvalue weighted by Gasteiger charge is 2.22. The third-order valence-electron chi connectivity index (χ3n) is 4.38. The van der Waals surface area contributed by atoms with Gasteiger partial charge in [0.05, 0.1) is 18.6 Å². The first-order valence-electron chi connectivity index (χ1n) is 8.86. The number of nitrogens with zero attached hydrogens (tertiary/aromatic N) is 2. The Morgan fingerprint density at radius 1 is 1.18 bits per heavy atom. The molecule has 150 valence electrons. The van der Waals surface area contributed by atoms with E-state index in [1.54, 1.807) is 43.1 Å². The molecule has 0 aliphatic carbocycles. The van der Waals surface area contributed by atoms with Gasteiger partial charge in [0.15, 0.2) is 0 Å². The Kier molecular flexibility index (Phi) is 7.80.